The summed E-state index contributed by atoms with van der Waals surface area (Å²) >= 11 is 2.01. The average molecular weight is 554 g/mol. The lowest BCUT2D eigenvalue weighted by Crippen LogP contribution is -2.41. The van der Waals surface area contributed by atoms with Crippen molar-refractivity contribution >= 4 is 50.2 Å². The SMILES string of the molecule is CC(=O)N1CCc2cc(I)c(S(=O)(=O)N3CCCC3C(=O)OCc3ccccc3)cc21. The Balaban J connectivity index is 1.58. The summed E-state index contributed by atoms with van der Waals surface area (Å²) in [5, 5.41) is 0. The van der Waals surface area contributed by atoms with E-state index in [0.717, 1.165) is 11.1 Å². The van der Waals surface area contributed by atoms with Gasteiger partial charge in [0.05, 0.1) is 4.90 Å². The summed E-state index contributed by atoms with van der Waals surface area (Å²) in [4.78, 5) is 26.4. The van der Waals surface area contributed by atoms with Crippen LogP contribution in [-0.2, 0) is 37.4 Å². The Morgan fingerprint density at radius 1 is 1.16 bits per heavy atom. The van der Waals surface area contributed by atoms with Crippen LogP contribution in [0, 0.1) is 3.57 Å². The summed E-state index contributed by atoms with van der Waals surface area (Å²) in [7, 11) is -3.93. The lowest BCUT2D eigenvalue weighted by Gasteiger charge is -2.24. The molecule has 0 saturated carbocycles. The molecule has 1 amide bonds. The molecule has 31 heavy (non-hydrogen) atoms. The quantitative estimate of drug-likeness (QED) is 0.419. The highest BCUT2D eigenvalue weighted by atomic mass is 127. The number of hydrogen-bond donors (Lipinski definition) is 0. The predicted molar refractivity (Wildman–Crippen MR) is 124 cm³/mol. The van der Waals surface area contributed by atoms with E-state index in [0.29, 0.717) is 35.1 Å². The van der Waals surface area contributed by atoms with Crippen LogP contribution in [0.1, 0.15) is 30.9 Å². The van der Waals surface area contributed by atoms with E-state index < -0.39 is 22.0 Å². The number of amides is 1. The topological polar surface area (TPSA) is 84.0 Å². The predicted octanol–water partition coefficient (Wildman–Crippen LogP) is 3.10. The van der Waals surface area contributed by atoms with Crippen molar-refractivity contribution in [2.24, 2.45) is 0 Å². The first-order valence-corrected chi connectivity index (χ1v) is 12.6. The van der Waals surface area contributed by atoms with Gasteiger partial charge in [0.2, 0.25) is 15.9 Å². The molecule has 0 N–H and O–H groups in total. The molecular weight excluding hydrogens is 531 g/mol. The number of sulfonamides is 1. The molecule has 2 heterocycles. The van der Waals surface area contributed by atoms with Crippen molar-refractivity contribution in [1.82, 2.24) is 4.31 Å². The molecule has 0 radical (unpaired) electrons. The Bertz CT molecular complexity index is 1120. The molecule has 2 aromatic rings. The molecule has 0 spiro atoms. The van der Waals surface area contributed by atoms with Crippen LogP contribution in [0.4, 0.5) is 5.69 Å². The van der Waals surface area contributed by atoms with E-state index in [1.165, 1.54) is 11.2 Å². The van der Waals surface area contributed by atoms with Gasteiger partial charge in [0.1, 0.15) is 12.6 Å². The number of hydrogen-bond acceptors (Lipinski definition) is 5. The standard InChI is InChI=1S/C22H23IN2O5S/c1-15(26)24-11-9-17-12-18(23)21(13-20(17)24)31(28,29)25-10-5-8-19(25)22(27)30-14-16-6-3-2-4-7-16/h2-4,6-7,12-13,19H,5,8-11,14H2,1H3. The smallest absolute Gasteiger partial charge is 0.324 e. The van der Waals surface area contributed by atoms with Gasteiger partial charge in [-0.1, -0.05) is 30.3 Å². The first-order chi connectivity index (χ1) is 14.8. The summed E-state index contributed by atoms with van der Waals surface area (Å²) in [5.74, 6) is -0.654. The van der Waals surface area contributed by atoms with Crippen molar-refractivity contribution in [2.75, 3.05) is 18.0 Å². The van der Waals surface area contributed by atoms with Gasteiger partial charge in [-0.25, -0.2) is 8.42 Å². The monoisotopic (exact) mass is 554 g/mol. The van der Waals surface area contributed by atoms with E-state index in [-0.39, 0.29) is 24.0 Å². The Kier molecular flexibility index (Phi) is 6.36. The second-order valence-corrected chi connectivity index (χ2v) is 10.7. The zero-order chi connectivity index (χ0) is 22.2. The lowest BCUT2D eigenvalue weighted by molar-refractivity contribution is -0.148. The molecule has 4 rings (SSSR count). The number of anilines is 1. The molecule has 164 valence electrons. The minimum Gasteiger partial charge on any atom is -0.460 e. The maximum absolute atomic E-state index is 13.5. The van der Waals surface area contributed by atoms with Crippen LogP contribution < -0.4 is 4.90 Å². The van der Waals surface area contributed by atoms with Gasteiger partial charge < -0.3 is 9.64 Å². The molecule has 0 aliphatic carbocycles. The summed E-state index contributed by atoms with van der Waals surface area (Å²) in [6.07, 6.45) is 1.71. The molecule has 2 aliphatic rings. The van der Waals surface area contributed by atoms with Crippen LogP contribution in [0.2, 0.25) is 0 Å². The Hall–Kier alpha value is -1.98. The van der Waals surface area contributed by atoms with E-state index >= 15 is 0 Å². The van der Waals surface area contributed by atoms with Gasteiger partial charge in [0.15, 0.2) is 0 Å². The molecule has 7 nitrogen and oxygen atoms in total. The van der Waals surface area contributed by atoms with Crippen molar-refractivity contribution < 1.29 is 22.7 Å². The molecule has 9 heteroatoms. The number of halogens is 1. The van der Waals surface area contributed by atoms with Gasteiger partial charge in [0, 0.05) is 29.3 Å². The normalized spacial score (nSPS) is 18.8. The third-order valence-corrected chi connectivity index (χ3v) is 8.90. The van der Waals surface area contributed by atoms with Gasteiger partial charge >= 0.3 is 5.97 Å². The highest BCUT2D eigenvalue weighted by molar-refractivity contribution is 14.1. The number of carbonyl (C=O) groups excluding carboxylic acids is 2. The maximum atomic E-state index is 13.5. The van der Waals surface area contributed by atoms with Crippen LogP contribution in [0.25, 0.3) is 0 Å². The van der Waals surface area contributed by atoms with Crippen molar-refractivity contribution in [1.29, 1.82) is 0 Å². The fourth-order valence-electron chi connectivity index (χ4n) is 4.13. The van der Waals surface area contributed by atoms with Crippen LogP contribution in [0.5, 0.6) is 0 Å². The molecular formula is C22H23IN2O5S. The van der Waals surface area contributed by atoms with Crippen LogP contribution >= 0.6 is 22.6 Å². The average Bonchev–Trinajstić information content (AvgIpc) is 3.39. The second-order valence-electron chi connectivity index (χ2n) is 7.70. The fourth-order valence-corrected chi connectivity index (χ4v) is 7.21. The molecule has 0 aromatic heterocycles. The maximum Gasteiger partial charge on any atom is 0.324 e. The fraction of sp³-hybridized carbons (Fsp3) is 0.364. The Morgan fingerprint density at radius 2 is 1.90 bits per heavy atom. The van der Waals surface area contributed by atoms with Crippen molar-refractivity contribution in [3.8, 4) is 0 Å². The molecule has 2 aromatic carbocycles. The van der Waals surface area contributed by atoms with Gasteiger partial charge in [0.25, 0.3) is 0 Å². The van der Waals surface area contributed by atoms with E-state index in [2.05, 4.69) is 0 Å². The van der Waals surface area contributed by atoms with Gasteiger partial charge in [-0.2, -0.15) is 4.31 Å². The Labute approximate surface area is 195 Å². The van der Waals surface area contributed by atoms with Crippen LogP contribution in [0.15, 0.2) is 47.4 Å². The summed E-state index contributed by atoms with van der Waals surface area (Å²) in [5.41, 5.74) is 2.44. The number of carbonyl (C=O) groups is 2. The number of benzene rings is 2. The third kappa shape index (κ3) is 4.35. The first-order valence-electron chi connectivity index (χ1n) is 10.1. The largest absolute Gasteiger partial charge is 0.460 e. The summed E-state index contributed by atoms with van der Waals surface area (Å²) in [6.45, 7) is 2.38. The van der Waals surface area contributed by atoms with E-state index in [4.69, 9.17) is 4.74 Å². The zero-order valence-corrected chi connectivity index (χ0v) is 20.1. The van der Waals surface area contributed by atoms with E-state index in [1.807, 2.05) is 59.0 Å². The zero-order valence-electron chi connectivity index (χ0n) is 17.1. The molecule has 2 aliphatic heterocycles. The molecule has 1 atom stereocenters. The van der Waals surface area contributed by atoms with Gasteiger partial charge in [-0.3, -0.25) is 9.59 Å². The molecule has 1 unspecified atom stereocenters. The van der Waals surface area contributed by atoms with Crippen molar-refractivity contribution in [3.63, 3.8) is 0 Å². The van der Waals surface area contributed by atoms with Crippen molar-refractivity contribution in [3.05, 3.63) is 57.2 Å². The second kappa shape index (κ2) is 8.87. The van der Waals surface area contributed by atoms with Crippen molar-refractivity contribution in [2.45, 2.75) is 43.7 Å². The number of esters is 1. The van der Waals surface area contributed by atoms with Crippen LogP contribution in [0.3, 0.4) is 0 Å². The molecule has 1 fully saturated rings. The molecule has 1 saturated heterocycles. The summed E-state index contributed by atoms with van der Waals surface area (Å²) < 4.78 is 34.3. The minimum absolute atomic E-state index is 0.105. The Morgan fingerprint density at radius 3 is 2.61 bits per heavy atom. The van der Waals surface area contributed by atoms with Gasteiger partial charge in [-0.05, 0) is 65.1 Å². The first kappa shape index (κ1) is 22.2. The number of nitrogens with zero attached hydrogens (tertiary/aromatic N) is 2. The minimum atomic E-state index is -3.93. The van der Waals surface area contributed by atoms with Gasteiger partial charge in [-0.15, -0.1) is 0 Å². The molecule has 0 bridgehead atoms. The lowest BCUT2D eigenvalue weighted by atomic mass is 10.2. The highest BCUT2D eigenvalue weighted by Crippen LogP contribution is 2.36. The van der Waals surface area contributed by atoms with Crippen LogP contribution in [-0.4, -0.2) is 43.7 Å². The third-order valence-electron chi connectivity index (χ3n) is 5.70. The summed E-state index contributed by atoms with van der Waals surface area (Å²) in [6, 6.07) is 11.8. The number of rotatable bonds is 5. The van der Waals surface area contributed by atoms with E-state index in [1.54, 1.807) is 11.0 Å². The highest BCUT2D eigenvalue weighted by Gasteiger charge is 2.41. The number of fused-ring (bicyclic) bond motifs is 1. The number of ether oxygens (including phenoxy) is 1. The van der Waals surface area contributed by atoms with E-state index in [9.17, 15) is 18.0 Å².